The third kappa shape index (κ3) is 5.69. The highest BCUT2D eigenvalue weighted by atomic mass is 16.5. The van der Waals surface area contributed by atoms with Crippen LogP contribution >= 0.6 is 0 Å². The van der Waals surface area contributed by atoms with E-state index in [-0.39, 0.29) is 24.3 Å². The molecular formula is C23H27N5O3. The van der Waals surface area contributed by atoms with E-state index in [1.165, 1.54) is 0 Å². The topological polar surface area (TPSA) is 109 Å². The Bertz CT molecular complexity index is 1030. The number of methoxy groups -OCH3 is 1. The molecule has 0 saturated carbocycles. The predicted molar refractivity (Wildman–Crippen MR) is 117 cm³/mol. The fraction of sp³-hybridized carbons (Fsp3) is 0.304. The first-order valence-corrected chi connectivity index (χ1v) is 10.1. The van der Waals surface area contributed by atoms with Crippen LogP contribution in [0.2, 0.25) is 0 Å². The van der Waals surface area contributed by atoms with Crippen molar-refractivity contribution in [2.75, 3.05) is 7.11 Å². The number of ether oxygens (including phenoxy) is 1. The van der Waals surface area contributed by atoms with E-state index in [1.807, 2.05) is 57.2 Å². The molecule has 1 atom stereocenters. The lowest BCUT2D eigenvalue weighted by molar-refractivity contribution is -0.124. The first-order valence-electron chi connectivity index (χ1n) is 10.1. The molecule has 0 spiro atoms. The van der Waals surface area contributed by atoms with Gasteiger partial charge in [0.15, 0.2) is 5.82 Å². The van der Waals surface area contributed by atoms with Gasteiger partial charge in [-0.15, -0.1) is 0 Å². The number of benzene rings is 2. The second kappa shape index (κ2) is 9.88. The molecule has 0 saturated heterocycles. The summed E-state index contributed by atoms with van der Waals surface area (Å²) in [6, 6.07) is 13.9. The van der Waals surface area contributed by atoms with Gasteiger partial charge in [-0.1, -0.05) is 31.5 Å². The maximum atomic E-state index is 12.7. The van der Waals surface area contributed by atoms with E-state index < -0.39 is 6.04 Å². The minimum absolute atomic E-state index is 0.0843. The number of carbonyl (C=O) groups excluding carboxylic acids is 2. The molecule has 2 amide bonds. The monoisotopic (exact) mass is 421 g/mol. The summed E-state index contributed by atoms with van der Waals surface area (Å²) in [4.78, 5) is 29.7. The zero-order valence-corrected chi connectivity index (χ0v) is 18.1. The molecule has 0 fully saturated rings. The highest BCUT2D eigenvalue weighted by Crippen LogP contribution is 2.19. The average Bonchev–Trinajstić information content (AvgIpc) is 3.25. The normalized spacial score (nSPS) is 11.8. The molecule has 0 bridgehead atoms. The largest absolute Gasteiger partial charge is 0.497 e. The molecule has 0 aliphatic rings. The van der Waals surface area contributed by atoms with Crippen LogP contribution in [0.1, 0.15) is 35.6 Å². The van der Waals surface area contributed by atoms with Crippen molar-refractivity contribution in [3.05, 3.63) is 65.5 Å². The van der Waals surface area contributed by atoms with Crippen LogP contribution in [0.25, 0.3) is 11.4 Å². The van der Waals surface area contributed by atoms with Gasteiger partial charge >= 0.3 is 0 Å². The van der Waals surface area contributed by atoms with Crippen molar-refractivity contribution in [3.8, 4) is 17.1 Å². The fourth-order valence-electron chi connectivity index (χ4n) is 2.99. The molecule has 3 aromatic rings. The summed E-state index contributed by atoms with van der Waals surface area (Å²) in [6.07, 6.45) is 0. The molecule has 1 heterocycles. The second-order valence-corrected chi connectivity index (χ2v) is 7.61. The second-order valence-electron chi connectivity index (χ2n) is 7.61. The van der Waals surface area contributed by atoms with Crippen molar-refractivity contribution in [2.24, 2.45) is 5.92 Å². The molecule has 8 heteroatoms. The number of rotatable bonds is 8. The smallest absolute Gasteiger partial charge is 0.251 e. The van der Waals surface area contributed by atoms with Gasteiger partial charge in [-0.3, -0.25) is 14.7 Å². The zero-order valence-electron chi connectivity index (χ0n) is 18.1. The predicted octanol–water partition coefficient (Wildman–Crippen LogP) is 2.86. The van der Waals surface area contributed by atoms with Crippen molar-refractivity contribution >= 4 is 11.8 Å². The molecule has 1 aromatic heterocycles. The third-order valence-corrected chi connectivity index (χ3v) is 4.86. The molecule has 8 nitrogen and oxygen atoms in total. The first-order chi connectivity index (χ1) is 14.9. The van der Waals surface area contributed by atoms with E-state index in [1.54, 1.807) is 19.2 Å². The zero-order chi connectivity index (χ0) is 22.4. The molecule has 0 aliphatic carbocycles. The summed E-state index contributed by atoms with van der Waals surface area (Å²) >= 11 is 0. The molecule has 1 unspecified atom stereocenters. The van der Waals surface area contributed by atoms with E-state index in [0.717, 1.165) is 16.9 Å². The number of nitrogens with one attached hydrogen (secondary N) is 3. The lowest BCUT2D eigenvalue weighted by Crippen LogP contribution is -2.49. The Morgan fingerprint density at radius 2 is 1.74 bits per heavy atom. The van der Waals surface area contributed by atoms with Gasteiger partial charge in [0.2, 0.25) is 5.91 Å². The van der Waals surface area contributed by atoms with E-state index in [0.29, 0.717) is 17.2 Å². The minimum Gasteiger partial charge on any atom is -0.497 e. The van der Waals surface area contributed by atoms with Crippen LogP contribution in [0.4, 0.5) is 0 Å². The Hall–Kier alpha value is -3.68. The molecule has 162 valence electrons. The summed E-state index contributed by atoms with van der Waals surface area (Å²) in [5.74, 6) is 1.15. The van der Waals surface area contributed by atoms with Crippen LogP contribution in [0.5, 0.6) is 5.75 Å². The fourth-order valence-corrected chi connectivity index (χ4v) is 2.99. The molecule has 0 aliphatic heterocycles. The van der Waals surface area contributed by atoms with Gasteiger partial charge in [-0.25, -0.2) is 4.98 Å². The molecule has 3 N–H and O–H groups in total. The van der Waals surface area contributed by atoms with Crippen LogP contribution in [-0.2, 0) is 11.3 Å². The van der Waals surface area contributed by atoms with Crippen molar-refractivity contribution in [2.45, 2.75) is 33.4 Å². The Kier molecular flexibility index (Phi) is 7.02. The number of nitrogens with zero attached hydrogens (tertiary/aromatic N) is 2. The van der Waals surface area contributed by atoms with E-state index in [2.05, 4.69) is 25.8 Å². The van der Waals surface area contributed by atoms with Crippen LogP contribution < -0.4 is 15.4 Å². The minimum atomic E-state index is -0.669. The lowest BCUT2D eigenvalue weighted by atomic mass is 10.0. The summed E-state index contributed by atoms with van der Waals surface area (Å²) < 4.78 is 5.15. The van der Waals surface area contributed by atoms with E-state index in [9.17, 15) is 9.59 Å². The van der Waals surface area contributed by atoms with Crippen molar-refractivity contribution < 1.29 is 14.3 Å². The molecular weight excluding hydrogens is 394 g/mol. The third-order valence-electron chi connectivity index (χ3n) is 4.86. The van der Waals surface area contributed by atoms with Gasteiger partial charge < -0.3 is 15.4 Å². The molecule has 31 heavy (non-hydrogen) atoms. The summed E-state index contributed by atoms with van der Waals surface area (Å²) in [5, 5.41) is 12.7. The number of aromatic nitrogens is 3. The Morgan fingerprint density at radius 1 is 1.06 bits per heavy atom. The van der Waals surface area contributed by atoms with Gasteiger partial charge in [-0.2, -0.15) is 5.10 Å². The Labute approximate surface area is 181 Å². The van der Waals surface area contributed by atoms with Gasteiger partial charge in [0.25, 0.3) is 5.91 Å². The van der Waals surface area contributed by atoms with Crippen LogP contribution in [-0.4, -0.2) is 40.1 Å². The Morgan fingerprint density at radius 3 is 2.35 bits per heavy atom. The molecule has 3 rings (SSSR count). The average molecular weight is 422 g/mol. The molecule has 2 aromatic carbocycles. The summed E-state index contributed by atoms with van der Waals surface area (Å²) in [7, 11) is 1.61. The van der Waals surface area contributed by atoms with Gasteiger partial charge in [0.05, 0.1) is 13.7 Å². The number of aromatic amines is 1. The number of amides is 2. The number of hydrogen-bond acceptors (Lipinski definition) is 5. The van der Waals surface area contributed by atoms with Crippen molar-refractivity contribution in [1.82, 2.24) is 25.8 Å². The number of aryl methyl sites for hydroxylation is 1. The van der Waals surface area contributed by atoms with Crippen molar-refractivity contribution in [1.29, 1.82) is 0 Å². The highest BCUT2D eigenvalue weighted by Gasteiger charge is 2.24. The van der Waals surface area contributed by atoms with E-state index in [4.69, 9.17) is 4.74 Å². The number of hydrogen-bond donors (Lipinski definition) is 3. The maximum absolute atomic E-state index is 12.7. The first kappa shape index (κ1) is 22.0. The SMILES string of the molecule is COc1ccc(-c2n[nH]c(CNC(=O)C(NC(=O)c3ccc(C)cc3)C(C)C)n2)cc1. The molecule has 0 radical (unpaired) electrons. The van der Waals surface area contributed by atoms with Crippen molar-refractivity contribution in [3.63, 3.8) is 0 Å². The maximum Gasteiger partial charge on any atom is 0.251 e. The van der Waals surface area contributed by atoms with Crippen LogP contribution in [0.15, 0.2) is 48.5 Å². The van der Waals surface area contributed by atoms with Gasteiger partial charge in [0, 0.05) is 11.1 Å². The lowest BCUT2D eigenvalue weighted by Gasteiger charge is -2.21. The highest BCUT2D eigenvalue weighted by molar-refractivity contribution is 5.97. The number of carbonyl (C=O) groups is 2. The van der Waals surface area contributed by atoms with E-state index >= 15 is 0 Å². The van der Waals surface area contributed by atoms with Gasteiger partial charge in [-0.05, 0) is 49.2 Å². The summed E-state index contributed by atoms with van der Waals surface area (Å²) in [5.41, 5.74) is 2.42. The number of H-pyrrole nitrogens is 1. The van der Waals surface area contributed by atoms with Gasteiger partial charge in [0.1, 0.15) is 17.6 Å². The van der Waals surface area contributed by atoms with Crippen LogP contribution in [0.3, 0.4) is 0 Å². The standard InChI is InChI=1S/C23H27N5O3/c1-14(2)20(26-22(29)17-7-5-15(3)6-8-17)23(30)24-13-19-25-21(28-27-19)16-9-11-18(31-4)12-10-16/h5-12,14,20H,13H2,1-4H3,(H,24,30)(H,26,29)(H,25,27,28). The Balaban J connectivity index is 1.60. The van der Waals surface area contributed by atoms with Crippen LogP contribution in [0, 0.1) is 12.8 Å². The summed E-state index contributed by atoms with van der Waals surface area (Å²) in [6.45, 7) is 5.90. The quantitative estimate of drug-likeness (QED) is 0.518.